The fourth-order valence-electron chi connectivity index (χ4n) is 2.05. The summed E-state index contributed by atoms with van der Waals surface area (Å²) in [6, 6.07) is 0. The highest BCUT2D eigenvalue weighted by Gasteiger charge is 2.48. The molecule has 3 aliphatic rings. The zero-order valence-corrected chi connectivity index (χ0v) is 6.17. The topological polar surface area (TPSA) is 54.4 Å². The van der Waals surface area contributed by atoms with Gasteiger partial charge in [0.15, 0.2) is 0 Å². The number of fused-ring (bicyclic) bond motifs is 3. The number of Topliss-reactive ketones (excluding diaryl/α,β-unsaturated/α-hetero) is 2. The Labute approximate surface area is 64.4 Å². The van der Waals surface area contributed by atoms with E-state index < -0.39 is 5.60 Å². The first-order valence-corrected chi connectivity index (χ1v) is 3.89. The van der Waals surface area contributed by atoms with Crippen LogP contribution in [0.3, 0.4) is 0 Å². The number of hydrogen-bond donors (Lipinski definition) is 1. The number of carbonyl (C=O) groups excluding carboxylic acids is 2. The summed E-state index contributed by atoms with van der Waals surface area (Å²) in [6.07, 6.45) is 1.58. The Morgan fingerprint density at radius 3 is 2.18 bits per heavy atom. The minimum absolute atomic E-state index is 0.0602. The van der Waals surface area contributed by atoms with E-state index in [9.17, 15) is 14.7 Å². The van der Waals surface area contributed by atoms with Crippen molar-refractivity contribution in [1.82, 2.24) is 0 Å². The van der Waals surface area contributed by atoms with Crippen molar-refractivity contribution in [3.8, 4) is 0 Å². The maximum absolute atomic E-state index is 11.1. The van der Waals surface area contributed by atoms with E-state index in [1.807, 2.05) is 0 Å². The van der Waals surface area contributed by atoms with E-state index in [-0.39, 0.29) is 30.3 Å². The summed E-state index contributed by atoms with van der Waals surface area (Å²) in [4.78, 5) is 22.2. The van der Waals surface area contributed by atoms with Crippen LogP contribution in [-0.2, 0) is 9.59 Å². The minimum Gasteiger partial charge on any atom is -0.389 e. The van der Waals surface area contributed by atoms with Gasteiger partial charge in [-0.1, -0.05) is 0 Å². The molecular formula is C8H10O3. The molecule has 1 N–H and O–H groups in total. The average molecular weight is 154 g/mol. The Kier molecular flexibility index (Phi) is 1.21. The lowest BCUT2D eigenvalue weighted by molar-refractivity contribution is -0.153. The molecular weight excluding hydrogens is 144 g/mol. The highest BCUT2D eigenvalue weighted by molar-refractivity contribution is 6.06. The molecule has 0 unspecified atom stereocenters. The number of carbonyl (C=O) groups is 2. The van der Waals surface area contributed by atoms with E-state index in [0.29, 0.717) is 12.8 Å². The number of hydrogen-bond acceptors (Lipinski definition) is 3. The lowest BCUT2D eigenvalue weighted by atomic mass is 9.66. The van der Waals surface area contributed by atoms with E-state index in [0.717, 1.165) is 0 Å². The third kappa shape index (κ3) is 0.913. The van der Waals surface area contributed by atoms with Gasteiger partial charge in [0.05, 0.1) is 11.5 Å². The molecule has 0 amide bonds. The predicted molar refractivity (Wildman–Crippen MR) is 36.9 cm³/mol. The Bertz CT molecular complexity index is 213. The molecule has 60 valence electrons. The van der Waals surface area contributed by atoms with Crippen LogP contribution in [0, 0.1) is 5.92 Å². The van der Waals surface area contributed by atoms with Crippen LogP contribution in [0.4, 0.5) is 0 Å². The van der Waals surface area contributed by atoms with Crippen LogP contribution >= 0.6 is 0 Å². The molecule has 0 aliphatic heterocycles. The molecule has 3 saturated carbocycles. The summed E-state index contributed by atoms with van der Waals surface area (Å²) in [5.41, 5.74) is -0.969. The number of ketones is 2. The van der Waals surface area contributed by atoms with Crippen LogP contribution in [-0.4, -0.2) is 22.3 Å². The second-order valence-electron chi connectivity index (χ2n) is 3.60. The predicted octanol–water partition coefficient (Wildman–Crippen LogP) is 0.0595. The summed E-state index contributed by atoms with van der Waals surface area (Å²) >= 11 is 0. The normalized spacial score (nSPS) is 43.2. The highest BCUT2D eigenvalue weighted by atomic mass is 16.3. The SMILES string of the molecule is O=C1CC2(O)CCC1C(=O)C2. The van der Waals surface area contributed by atoms with Gasteiger partial charge in [0, 0.05) is 12.8 Å². The van der Waals surface area contributed by atoms with Gasteiger partial charge in [-0.15, -0.1) is 0 Å². The molecule has 3 fully saturated rings. The molecule has 0 aromatic rings. The second-order valence-corrected chi connectivity index (χ2v) is 3.60. The minimum atomic E-state index is -0.969. The Balaban J connectivity index is 2.33. The first kappa shape index (κ1) is 6.98. The van der Waals surface area contributed by atoms with Crippen LogP contribution in [0.5, 0.6) is 0 Å². The lowest BCUT2D eigenvalue weighted by Crippen LogP contribution is -2.50. The Hall–Kier alpha value is -0.700. The Morgan fingerprint density at radius 2 is 1.82 bits per heavy atom. The van der Waals surface area contributed by atoms with Gasteiger partial charge < -0.3 is 5.11 Å². The molecule has 0 atom stereocenters. The van der Waals surface area contributed by atoms with Gasteiger partial charge in [0.2, 0.25) is 0 Å². The van der Waals surface area contributed by atoms with E-state index in [4.69, 9.17) is 0 Å². The molecule has 0 radical (unpaired) electrons. The molecule has 3 rings (SSSR count). The van der Waals surface area contributed by atoms with Gasteiger partial charge in [-0.2, -0.15) is 0 Å². The zero-order valence-electron chi connectivity index (χ0n) is 6.17. The van der Waals surface area contributed by atoms with Crippen molar-refractivity contribution in [2.45, 2.75) is 31.3 Å². The summed E-state index contributed by atoms with van der Waals surface area (Å²) in [7, 11) is 0. The van der Waals surface area contributed by atoms with Crippen molar-refractivity contribution in [2.75, 3.05) is 0 Å². The van der Waals surface area contributed by atoms with E-state index >= 15 is 0 Å². The molecule has 3 nitrogen and oxygen atoms in total. The average Bonchev–Trinajstić information content (AvgIpc) is 1.83. The standard InChI is InChI=1S/C8H10O3/c9-6-3-8(11)2-1-5(6)7(10)4-8/h5,11H,1-4H2. The van der Waals surface area contributed by atoms with Gasteiger partial charge >= 0.3 is 0 Å². The van der Waals surface area contributed by atoms with Crippen LogP contribution in [0.1, 0.15) is 25.7 Å². The van der Waals surface area contributed by atoms with Crippen LogP contribution in [0.15, 0.2) is 0 Å². The second kappa shape index (κ2) is 1.91. The third-order valence-electron chi connectivity index (χ3n) is 2.68. The van der Waals surface area contributed by atoms with Gasteiger partial charge in [-0.05, 0) is 12.8 Å². The van der Waals surface area contributed by atoms with Crippen molar-refractivity contribution < 1.29 is 14.7 Å². The largest absolute Gasteiger partial charge is 0.389 e. The van der Waals surface area contributed by atoms with Gasteiger partial charge in [-0.25, -0.2) is 0 Å². The molecule has 0 saturated heterocycles. The first-order chi connectivity index (χ1) is 5.11. The van der Waals surface area contributed by atoms with Gasteiger partial charge in [0.25, 0.3) is 0 Å². The highest BCUT2D eigenvalue weighted by Crippen LogP contribution is 2.39. The molecule has 0 heterocycles. The zero-order chi connectivity index (χ0) is 8.06. The molecule has 2 bridgehead atoms. The molecule has 3 heteroatoms. The smallest absolute Gasteiger partial charge is 0.146 e. The van der Waals surface area contributed by atoms with Crippen molar-refractivity contribution in [3.63, 3.8) is 0 Å². The van der Waals surface area contributed by atoms with E-state index in [1.54, 1.807) is 0 Å². The van der Waals surface area contributed by atoms with Crippen molar-refractivity contribution in [2.24, 2.45) is 5.92 Å². The molecule has 11 heavy (non-hydrogen) atoms. The molecule has 0 spiro atoms. The van der Waals surface area contributed by atoms with Crippen LogP contribution < -0.4 is 0 Å². The van der Waals surface area contributed by atoms with Gasteiger partial charge in [-0.3, -0.25) is 9.59 Å². The quantitative estimate of drug-likeness (QED) is 0.502. The first-order valence-electron chi connectivity index (χ1n) is 3.89. The monoisotopic (exact) mass is 154 g/mol. The van der Waals surface area contributed by atoms with Crippen LogP contribution in [0.25, 0.3) is 0 Å². The summed E-state index contributed by atoms with van der Waals surface area (Å²) in [5, 5.41) is 9.62. The molecule has 0 aromatic heterocycles. The summed E-state index contributed by atoms with van der Waals surface area (Å²) in [5.74, 6) is -0.492. The fourth-order valence-corrected chi connectivity index (χ4v) is 2.05. The maximum Gasteiger partial charge on any atom is 0.146 e. The Morgan fingerprint density at radius 1 is 1.27 bits per heavy atom. The summed E-state index contributed by atoms with van der Waals surface area (Å²) in [6.45, 7) is 0. The van der Waals surface area contributed by atoms with Crippen LogP contribution in [0.2, 0.25) is 0 Å². The number of aliphatic hydroxyl groups is 1. The van der Waals surface area contributed by atoms with Crippen molar-refractivity contribution in [1.29, 1.82) is 0 Å². The lowest BCUT2D eigenvalue weighted by Gasteiger charge is -2.40. The third-order valence-corrected chi connectivity index (χ3v) is 2.68. The van der Waals surface area contributed by atoms with Gasteiger partial charge in [0.1, 0.15) is 11.6 Å². The van der Waals surface area contributed by atoms with Crippen molar-refractivity contribution in [3.05, 3.63) is 0 Å². The summed E-state index contributed by atoms with van der Waals surface area (Å²) < 4.78 is 0. The molecule has 3 aliphatic carbocycles. The van der Waals surface area contributed by atoms with Crippen molar-refractivity contribution >= 4 is 11.6 Å². The maximum atomic E-state index is 11.1. The fraction of sp³-hybridized carbons (Fsp3) is 0.750. The van der Waals surface area contributed by atoms with E-state index in [2.05, 4.69) is 0 Å². The molecule has 0 aromatic carbocycles. The number of rotatable bonds is 0. The van der Waals surface area contributed by atoms with E-state index in [1.165, 1.54) is 0 Å².